The number of morpholine rings is 1. The molecule has 150 valence electrons. The van der Waals surface area contributed by atoms with E-state index in [2.05, 4.69) is 31.9 Å². The van der Waals surface area contributed by atoms with Crippen molar-refractivity contribution in [3.8, 4) is 0 Å². The van der Waals surface area contributed by atoms with Crippen molar-refractivity contribution in [2.45, 2.75) is 61.8 Å². The Hall–Kier alpha value is 0.270. The van der Waals surface area contributed by atoms with Gasteiger partial charge in [-0.25, -0.2) is 0 Å². The number of hydrogen-bond donors (Lipinski definition) is 1. The molecule has 0 aromatic rings. The maximum atomic E-state index is 6.10. The second-order valence-corrected chi connectivity index (χ2v) is 9.75. The van der Waals surface area contributed by atoms with Crippen LogP contribution in [0.15, 0.2) is 4.99 Å². The van der Waals surface area contributed by atoms with Gasteiger partial charge in [-0.1, -0.05) is 19.3 Å². The second-order valence-electron chi connectivity index (χ2n) is 8.19. The Labute approximate surface area is 180 Å². The summed E-state index contributed by atoms with van der Waals surface area (Å²) in [6, 6.07) is 0.681. The average Bonchev–Trinajstić information content (AvgIpc) is 3.11. The van der Waals surface area contributed by atoms with E-state index < -0.39 is 0 Å². The van der Waals surface area contributed by atoms with E-state index >= 15 is 0 Å². The molecule has 0 radical (unpaired) electrons. The molecule has 2 atom stereocenters. The molecule has 7 heteroatoms. The fraction of sp³-hybridized carbons (Fsp3) is 0.947. The topological polar surface area (TPSA) is 40.1 Å². The van der Waals surface area contributed by atoms with E-state index in [1.807, 2.05) is 7.05 Å². The van der Waals surface area contributed by atoms with E-state index in [0.717, 1.165) is 38.7 Å². The molecular formula is C19H35IN4OS. The molecule has 1 aliphatic carbocycles. The number of aliphatic imine (C=N–C) groups is 1. The molecular weight excluding hydrogens is 459 g/mol. The van der Waals surface area contributed by atoms with Gasteiger partial charge in [0, 0.05) is 49.8 Å². The number of hydrogen-bond acceptors (Lipinski definition) is 4. The third-order valence-corrected chi connectivity index (χ3v) is 8.01. The first-order chi connectivity index (χ1) is 12.3. The molecule has 4 rings (SSSR count). The number of nitrogens with one attached hydrogen (secondary N) is 1. The third kappa shape index (κ3) is 4.81. The van der Waals surface area contributed by atoms with Gasteiger partial charge in [-0.3, -0.25) is 9.89 Å². The maximum Gasteiger partial charge on any atom is 0.193 e. The zero-order valence-corrected chi connectivity index (χ0v) is 19.3. The summed E-state index contributed by atoms with van der Waals surface area (Å²) in [6.45, 7) is 6.41. The van der Waals surface area contributed by atoms with Gasteiger partial charge in [-0.2, -0.15) is 11.8 Å². The van der Waals surface area contributed by atoms with Gasteiger partial charge >= 0.3 is 0 Å². The number of nitrogens with zero attached hydrogens (tertiary/aromatic N) is 3. The van der Waals surface area contributed by atoms with E-state index in [0.29, 0.717) is 16.9 Å². The minimum atomic E-state index is 0. The summed E-state index contributed by atoms with van der Waals surface area (Å²) in [7, 11) is 1.93. The van der Waals surface area contributed by atoms with Gasteiger partial charge in [0.25, 0.3) is 0 Å². The van der Waals surface area contributed by atoms with Crippen molar-refractivity contribution >= 4 is 41.7 Å². The van der Waals surface area contributed by atoms with Crippen LogP contribution >= 0.6 is 35.7 Å². The van der Waals surface area contributed by atoms with Gasteiger partial charge in [0.1, 0.15) is 0 Å². The number of fused-ring (bicyclic) bond motifs is 1. The second kappa shape index (κ2) is 9.65. The molecule has 1 saturated carbocycles. The van der Waals surface area contributed by atoms with Crippen molar-refractivity contribution in [3.63, 3.8) is 0 Å². The number of rotatable bonds is 2. The molecule has 0 aromatic heterocycles. The molecule has 2 unspecified atom stereocenters. The predicted octanol–water partition coefficient (Wildman–Crippen LogP) is 2.79. The quantitative estimate of drug-likeness (QED) is 0.363. The van der Waals surface area contributed by atoms with E-state index in [4.69, 9.17) is 4.74 Å². The fourth-order valence-electron chi connectivity index (χ4n) is 5.07. The van der Waals surface area contributed by atoms with Crippen LogP contribution in [0, 0.1) is 0 Å². The normalized spacial score (nSPS) is 32.2. The summed E-state index contributed by atoms with van der Waals surface area (Å²) in [5.74, 6) is 2.31. The Kier molecular flexibility index (Phi) is 7.79. The van der Waals surface area contributed by atoms with Crippen molar-refractivity contribution < 1.29 is 4.74 Å². The molecule has 0 aromatic carbocycles. The van der Waals surface area contributed by atoms with E-state index in [1.165, 1.54) is 57.2 Å². The Bertz CT molecular complexity index is 481. The van der Waals surface area contributed by atoms with E-state index in [9.17, 15) is 0 Å². The summed E-state index contributed by atoms with van der Waals surface area (Å²) < 4.78 is 6.59. The Morgan fingerprint density at radius 3 is 2.88 bits per heavy atom. The molecule has 1 spiro atoms. The monoisotopic (exact) mass is 494 g/mol. The van der Waals surface area contributed by atoms with Crippen LogP contribution in [-0.4, -0.2) is 84.8 Å². The Morgan fingerprint density at radius 2 is 2.08 bits per heavy atom. The van der Waals surface area contributed by atoms with Crippen LogP contribution in [0.4, 0.5) is 0 Å². The smallest absolute Gasteiger partial charge is 0.193 e. The summed E-state index contributed by atoms with van der Waals surface area (Å²) in [4.78, 5) is 9.72. The summed E-state index contributed by atoms with van der Waals surface area (Å²) in [6.07, 6.45) is 9.94. The van der Waals surface area contributed by atoms with Gasteiger partial charge in [-0.05, 0) is 32.2 Å². The molecule has 26 heavy (non-hydrogen) atoms. The van der Waals surface area contributed by atoms with Gasteiger partial charge in [0.15, 0.2) is 5.96 Å². The van der Waals surface area contributed by atoms with Crippen molar-refractivity contribution in [1.29, 1.82) is 0 Å². The summed E-state index contributed by atoms with van der Waals surface area (Å²) >= 11 is 2.22. The standard InChI is InChI=1S/C19H34N4OS.HI/c1-20-18(21-12-17-13-22-9-5-6-16(22)14-24-17)23-10-11-25-19(15-23)7-3-2-4-8-19;/h16-17H,2-15H2,1H3,(H,20,21);1H. The predicted molar refractivity (Wildman–Crippen MR) is 121 cm³/mol. The van der Waals surface area contributed by atoms with E-state index in [-0.39, 0.29) is 24.0 Å². The van der Waals surface area contributed by atoms with Crippen LogP contribution in [0.25, 0.3) is 0 Å². The van der Waals surface area contributed by atoms with Crippen LogP contribution < -0.4 is 5.32 Å². The molecule has 4 fully saturated rings. The first-order valence-corrected chi connectivity index (χ1v) is 11.2. The van der Waals surface area contributed by atoms with Gasteiger partial charge in [0.05, 0.1) is 12.7 Å². The molecule has 3 aliphatic heterocycles. The lowest BCUT2D eigenvalue weighted by Crippen LogP contribution is -2.56. The highest BCUT2D eigenvalue weighted by Crippen LogP contribution is 2.42. The van der Waals surface area contributed by atoms with Crippen LogP contribution in [-0.2, 0) is 4.74 Å². The minimum absolute atomic E-state index is 0. The first kappa shape index (κ1) is 21.0. The summed E-state index contributed by atoms with van der Waals surface area (Å²) in [5, 5.41) is 3.63. The lowest BCUT2D eigenvalue weighted by Gasteiger charge is -2.45. The number of thioether (sulfide) groups is 1. The zero-order chi connectivity index (χ0) is 17.1. The largest absolute Gasteiger partial charge is 0.373 e. The van der Waals surface area contributed by atoms with Crippen LogP contribution in [0.3, 0.4) is 0 Å². The first-order valence-electron chi connectivity index (χ1n) is 10.2. The van der Waals surface area contributed by atoms with Crippen molar-refractivity contribution in [3.05, 3.63) is 0 Å². The average molecular weight is 494 g/mol. The number of halogens is 1. The fourth-order valence-corrected chi connectivity index (χ4v) is 6.64. The molecule has 0 bridgehead atoms. The van der Waals surface area contributed by atoms with Gasteiger partial charge < -0.3 is 15.0 Å². The molecule has 0 amide bonds. The van der Waals surface area contributed by atoms with Crippen LogP contribution in [0.5, 0.6) is 0 Å². The van der Waals surface area contributed by atoms with Gasteiger partial charge in [0.2, 0.25) is 0 Å². The number of guanidine groups is 1. The minimum Gasteiger partial charge on any atom is -0.373 e. The Morgan fingerprint density at radius 1 is 1.23 bits per heavy atom. The number of ether oxygens (including phenoxy) is 1. The zero-order valence-electron chi connectivity index (χ0n) is 16.1. The molecule has 3 saturated heterocycles. The van der Waals surface area contributed by atoms with Crippen LogP contribution in [0.2, 0.25) is 0 Å². The summed E-state index contributed by atoms with van der Waals surface area (Å²) in [5.41, 5.74) is 0. The van der Waals surface area contributed by atoms with Crippen molar-refractivity contribution in [2.75, 3.05) is 52.1 Å². The Balaban J connectivity index is 0.00000196. The maximum absolute atomic E-state index is 6.10. The molecule has 3 heterocycles. The lowest BCUT2D eigenvalue weighted by atomic mass is 9.87. The van der Waals surface area contributed by atoms with E-state index in [1.54, 1.807) is 0 Å². The molecule has 5 nitrogen and oxygen atoms in total. The van der Waals surface area contributed by atoms with Crippen LogP contribution in [0.1, 0.15) is 44.9 Å². The van der Waals surface area contributed by atoms with Crippen molar-refractivity contribution in [1.82, 2.24) is 15.1 Å². The highest BCUT2D eigenvalue weighted by molar-refractivity contribution is 14.0. The highest BCUT2D eigenvalue weighted by Gasteiger charge is 2.38. The third-order valence-electron chi connectivity index (χ3n) is 6.47. The molecule has 1 N–H and O–H groups in total. The molecule has 4 aliphatic rings. The van der Waals surface area contributed by atoms with Crippen molar-refractivity contribution in [2.24, 2.45) is 4.99 Å². The lowest BCUT2D eigenvalue weighted by molar-refractivity contribution is -0.0454. The SMILES string of the molecule is CN=C(NCC1CN2CCCC2CO1)N1CCSC2(CCCCC2)C1.I. The highest BCUT2D eigenvalue weighted by atomic mass is 127. The van der Waals surface area contributed by atoms with Gasteiger partial charge in [-0.15, -0.1) is 24.0 Å².